The molecule has 0 bridgehead atoms. The summed E-state index contributed by atoms with van der Waals surface area (Å²) in [7, 11) is 0. The second-order valence-electron chi connectivity index (χ2n) is 3.39. The smallest absolute Gasteiger partial charge is 0.257 e. The summed E-state index contributed by atoms with van der Waals surface area (Å²) < 4.78 is 30.6. The number of nitrogens with two attached hydrogens (primary N) is 1. The van der Waals surface area contributed by atoms with Crippen molar-refractivity contribution in [3.05, 3.63) is 24.0 Å². The minimum atomic E-state index is -0.912. The van der Waals surface area contributed by atoms with Crippen molar-refractivity contribution in [3.63, 3.8) is 0 Å². The molecular weight excluding hydrogens is 226 g/mol. The fourth-order valence-corrected chi connectivity index (χ4v) is 1.37. The normalized spacial score (nSPS) is 23.9. The van der Waals surface area contributed by atoms with Crippen molar-refractivity contribution in [1.82, 2.24) is 4.98 Å². The van der Waals surface area contributed by atoms with Gasteiger partial charge in [0.25, 0.3) is 5.95 Å². The first kappa shape index (κ1) is 12.1. The van der Waals surface area contributed by atoms with Crippen molar-refractivity contribution >= 4 is 12.4 Å². The van der Waals surface area contributed by atoms with E-state index in [9.17, 15) is 8.78 Å². The lowest BCUT2D eigenvalue weighted by Crippen LogP contribution is -2.43. The lowest BCUT2D eigenvalue weighted by molar-refractivity contribution is 0.0948. The largest absolute Gasteiger partial charge is 0.486 e. The van der Waals surface area contributed by atoms with E-state index in [1.807, 2.05) is 0 Å². The second kappa shape index (κ2) is 4.72. The van der Waals surface area contributed by atoms with Crippen molar-refractivity contribution < 1.29 is 13.5 Å². The van der Waals surface area contributed by atoms with Gasteiger partial charge in [0.05, 0.1) is 0 Å². The summed E-state index contributed by atoms with van der Waals surface area (Å²) >= 11 is 0. The Morgan fingerprint density at radius 1 is 1.33 bits per heavy atom. The molecule has 1 heterocycles. The minimum absolute atomic E-state index is 0. The van der Waals surface area contributed by atoms with Crippen LogP contribution in [0.25, 0.3) is 0 Å². The van der Waals surface area contributed by atoms with Crippen LogP contribution in [0.2, 0.25) is 0 Å². The van der Waals surface area contributed by atoms with Gasteiger partial charge in [0.15, 0.2) is 5.75 Å². The van der Waals surface area contributed by atoms with Gasteiger partial charge in [0.2, 0.25) is 5.95 Å². The molecule has 0 unspecified atom stereocenters. The number of pyridine rings is 1. The summed E-state index contributed by atoms with van der Waals surface area (Å²) in [5.41, 5.74) is 5.54. The van der Waals surface area contributed by atoms with Crippen molar-refractivity contribution in [3.8, 4) is 5.75 Å². The molecule has 0 spiro atoms. The number of rotatable bonds is 2. The third kappa shape index (κ3) is 2.76. The number of hydrogen-bond donors (Lipinski definition) is 1. The van der Waals surface area contributed by atoms with Crippen molar-refractivity contribution in [2.24, 2.45) is 5.73 Å². The molecule has 1 aliphatic rings. The van der Waals surface area contributed by atoms with Crippen LogP contribution >= 0.6 is 12.4 Å². The van der Waals surface area contributed by atoms with E-state index >= 15 is 0 Å². The summed E-state index contributed by atoms with van der Waals surface area (Å²) in [6.45, 7) is 0. The third-order valence-corrected chi connectivity index (χ3v) is 2.21. The zero-order chi connectivity index (χ0) is 10.1. The van der Waals surface area contributed by atoms with Crippen LogP contribution in [0.1, 0.15) is 12.8 Å². The van der Waals surface area contributed by atoms with Gasteiger partial charge >= 0.3 is 0 Å². The fourth-order valence-electron chi connectivity index (χ4n) is 1.37. The Balaban J connectivity index is 0.00000112. The first-order valence-corrected chi connectivity index (χ1v) is 4.39. The summed E-state index contributed by atoms with van der Waals surface area (Å²) in [6, 6.07) is 2.44. The summed E-state index contributed by atoms with van der Waals surface area (Å²) in [4.78, 5) is 3.01. The maximum absolute atomic E-state index is 13.0. The third-order valence-electron chi connectivity index (χ3n) is 2.21. The van der Waals surface area contributed by atoms with Gasteiger partial charge in [-0.15, -0.1) is 12.4 Å². The van der Waals surface area contributed by atoms with E-state index in [1.165, 1.54) is 6.07 Å². The molecule has 0 radical (unpaired) electrons. The van der Waals surface area contributed by atoms with Crippen LogP contribution in [0.15, 0.2) is 12.1 Å². The van der Waals surface area contributed by atoms with Crippen LogP contribution < -0.4 is 10.5 Å². The number of ether oxygens (including phenoxy) is 1. The van der Waals surface area contributed by atoms with E-state index in [2.05, 4.69) is 4.98 Å². The lowest BCUT2D eigenvalue weighted by Gasteiger charge is -2.32. The fraction of sp³-hybridized carbons (Fsp3) is 0.444. The standard InChI is InChI=1S/C9H10F2N2O.ClH/c10-8-2-1-7(9(11)13-8)14-6-3-5(12)4-6;/h1-2,5-6H,3-4,12H2;1H. The van der Waals surface area contributed by atoms with E-state index in [-0.39, 0.29) is 30.3 Å². The van der Waals surface area contributed by atoms with Gasteiger partial charge in [-0.3, -0.25) is 0 Å². The highest BCUT2D eigenvalue weighted by Gasteiger charge is 2.28. The zero-order valence-corrected chi connectivity index (χ0v) is 8.64. The van der Waals surface area contributed by atoms with Crippen LogP contribution in [0.4, 0.5) is 8.78 Å². The summed E-state index contributed by atoms with van der Waals surface area (Å²) in [5.74, 6) is -1.77. The SMILES string of the molecule is Cl.NC1CC(Oc2ccc(F)nc2F)C1. The Kier molecular flexibility index (Phi) is 3.82. The Morgan fingerprint density at radius 3 is 2.53 bits per heavy atom. The molecule has 6 heteroatoms. The van der Waals surface area contributed by atoms with Crippen LogP contribution in [-0.4, -0.2) is 17.1 Å². The van der Waals surface area contributed by atoms with Gasteiger partial charge in [0.1, 0.15) is 6.10 Å². The van der Waals surface area contributed by atoms with Gasteiger partial charge < -0.3 is 10.5 Å². The van der Waals surface area contributed by atoms with Crippen molar-refractivity contribution in [2.75, 3.05) is 0 Å². The average Bonchev–Trinajstić information content (AvgIpc) is 2.06. The van der Waals surface area contributed by atoms with Gasteiger partial charge in [-0.1, -0.05) is 0 Å². The molecular formula is C9H11ClF2N2O. The molecule has 3 nitrogen and oxygen atoms in total. The molecule has 0 aromatic carbocycles. The molecule has 84 valence electrons. The van der Waals surface area contributed by atoms with Gasteiger partial charge in [0, 0.05) is 6.04 Å². The highest BCUT2D eigenvalue weighted by Crippen LogP contribution is 2.25. The maximum Gasteiger partial charge on any atom is 0.257 e. The molecule has 0 aliphatic heterocycles. The van der Waals surface area contributed by atoms with E-state index in [1.54, 1.807) is 0 Å². The number of hydrogen-bond acceptors (Lipinski definition) is 3. The van der Waals surface area contributed by atoms with E-state index in [4.69, 9.17) is 10.5 Å². The lowest BCUT2D eigenvalue weighted by atomic mass is 9.90. The predicted molar refractivity (Wildman–Crippen MR) is 53.0 cm³/mol. The van der Waals surface area contributed by atoms with E-state index < -0.39 is 11.9 Å². The molecule has 1 aromatic rings. The number of nitrogens with zero attached hydrogens (tertiary/aromatic N) is 1. The Morgan fingerprint density at radius 2 is 2.00 bits per heavy atom. The number of aromatic nitrogens is 1. The second-order valence-corrected chi connectivity index (χ2v) is 3.39. The highest BCUT2D eigenvalue weighted by molar-refractivity contribution is 5.85. The van der Waals surface area contributed by atoms with Crippen molar-refractivity contribution in [2.45, 2.75) is 25.0 Å². The maximum atomic E-state index is 13.0. The molecule has 1 saturated carbocycles. The molecule has 1 aromatic heterocycles. The topological polar surface area (TPSA) is 48.1 Å². The molecule has 2 rings (SSSR count). The zero-order valence-electron chi connectivity index (χ0n) is 7.82. The molecule has 15 heavy (non-hydrogen) atoms. The summed E-state index contributed by atoms with van der Waals surface area (Å²) in [5, 5.41) is 0. The van der Waals surface area contributed by atoms with E-state index in [0.717, 1.165) is 6.07 Å². The van der Waals surface area contributed by atoms with Crippen LogP contribution in [-0.2, 0) is 0 Å². The first-order valence-electron chi connectivity index (χ1n) is 4.39. The average molecular weight is 237 g/mol. The Bertz CT molecular complexity index is 345. The van der Waals surface area contributed by atoms with Crippen LogP contribution in [0.3, 0.4) is 0 Å². The molecule has 0 atom stereocenters. The molecule has 1 fully saturated rings. The van der Waals surface area contributed by atoms with Gasteiger partial charge in [-0.05, 0) is 25.0 Å². The van der Waals surface area contributed by atoms with Crippen molar-refractivity contribution in [1.29, 1.82) is 0 Å². The van der Waals surface area contributed by atoms with Gasteiger partial charge in [-0.2, -0.15) is 13.8 Å². The Hall–Kier alpha value is -0.940. The number of halogens is 3. The minimum Gasteiger partial charge on any atom is -0.486 e. The van der Waals surface area contributed by atoms with Crippen LogP contribution in [0, 0.1) is 11.9 Å². The quantitative estimate of drug-likeness (QED) is 0.795. The Labute approximate surface area is 92.0 Å². The predicted octanol–water partition coefficient (Wildman–Crippen LogP) is 1.65. The summed E-state index contributed by atoms with van der Waals surface area (Å²) in [6.07, 6.45) is 1.35. The monoisotopic (exact) mass is 236 g/mol. The van der Waals surface area contributed by atoms with E-state index in [0.29, 0.717) is 12.8 Å². The highest BCUT2D eigenvalue weighted by atomic mass is 35.5. The van der Waals surface area contributed by atoms with Crippen LogP contribution in [0.5, 0.6) is 5.75 Å². The van der Waals surface area contributed by atoms with Gasteiger partial charge in [-0.25, -0.2) is 0 Å². The molecule has 1 aliphatic carbocycles. The first-order chi connectivity index (χ1) is 6.65. The molecule has 2 N–H and O–H groups in total. The molecule has 0 saturated heterocycles. The molecule has 0 amide bonds.